The third-order valence-electron chi connectivity index (χ3n) is 4.51. The molecule has 3 aromatic heterocycles. The molecule has 0 atom stereocenters. The van der Waals surface area contributed by atoms with Gasteiger partial charge in [0.15, 0.2) is 10.8 Å². The molecule has 2 aromatic carbocycles. The Morgan fingerprint density at radius 3 is 2.90 bits per heavy atom. The van der Waals surface area contributed by atoms with Crippen molar-refractivity contribution in [2.24, 2.45) is 0 Å². The molecule has 154 valence electrons. The molecule has 0 unspecified atom stereocenters. The number of amides is 1. The van der Waals surface area contributed by atoms with Gasteiger partial charge in [0, 0.05) is 33.4 Å². The molecule has 5 aromatic rings. The van der Waals surface area contributed by atoms with Gasteiger partial charge in [0.2, 0.25) is 11.1 Å². The van der Waals surface area contributed by atoms with Gasteiger partial charge < -0.3 is 10.3 Å². The van der Waals surface area contributed by atoms with Crippen molar-refractivity contribution in [1.82, 2.24) is 25.1 Å². The van der Waals surface area contributed by atoms with Crippen LogP contribution in [0.1, 0.15) is 10.4 Å². The first kappa shape index (κ1) is 19.9. The maximum Gasteiger partial charge on any atom is 0.236 e. The lowest BCUT2D eigenvalue weighted by Crippen LogP contribution is -2.14. The van der Waals surface area contributed by atoms with E-state index in [1.807, 2.05) is 30.3 Å². The number of fused-ring (bicyclic) bond motifs is 3. The molecule has 0 aliphatic carbocycles. The number of anilines is 1. The van der Waals surface area contributed by atoms with E-state index in [4.69, 9.17) is 11.6 Å². The Balaban J connectivity index is 1.21. The topological polar surface area (TPSA) is 96.5 Å². The number of hydrogen-bond donors (Lipinski definition) is 2. The third-order valence-corrected chi connectivity index (χ3v) is 6.50. The molecule has 10 heteroatoms. The zero-order valence-corrected chi connectivity index (χ0v) is 18.4. The highest BCUT2D eigenvalue weighted by Crippen LogP contribution is 2.26. The normalized spacial score (nSPS) is 11.3. The predicted molar refractivity (Wildman–Crippen MR) is 125 cm³/mol. The van der Waals surface area contributed by atoms with Gasteiger partial charge >= 0.3 is 0 Å². The second-order valence-corrected chi connectivity index (χ2v) is 9.23. The summed E-state index contributed by atoms with van der Waals surface area (Å²) in [6.45, 7) is 0. The summed E-state index contributed by atoms with van der Waals surface area (Å²) in [5.74, 6) is -0.00920. The number of aromatic amines is 1. The molecule has 0 aliphatic rings. The van der Waals surface area contributed by atoms with Gasteiger partial charge in [-0.3, -0.25) is 4.79 Å². The summed E-state index contributed by atoms with van der Waals surface area (Å²) in [4.78, 5) is 25.4. The Morgan fingerprint density at radius 2 is 2.03 bits per heavy atom. The summed E-state index contributed by atoms with van der Waals surface area (Å²) < 4.78 is 0. The number of thioether (sulfide) groups is 1. The molecule has 0 fully saturated rings. The molecule has 1 amide bonds. The van der Waals surface area contributed by atoms with Crippen LogP contribution < -0.4 is 5.32 Å². The number of thiazole rings is 1. The Labute approximate surface area is 190 Å². The Bertz CT molecular complexity index is 1380. The predicted octanol–water partition coefficient (Wildman–Crippen LogP) is 4.94. The number of halogens is 1. The fraction of sp³-hybridized carbons (Fsp3) is 0.0952. The minimum Gasteiger partial charge on any atom is -0.338 e. The van der Waals surface area contributed by atoms with Crippen LogP contribution in [0.5, 0.6) is 0 Å². The number of H-pyrrole nitrogens is 1. The lowest BCUT2D eigenvalue weighted by molar-refractivity contribution is -0.113. The van der Waals surface area contributed by atoms with Crippen LogP contribution in [-0.2, 0) is 11.2 Å². The SMILES string of the molecule is O=C(CSc1nnc2c(n1)[nH]c1ccc(Cl)cc12)Nc1ncc(Cc2ccccc2)s1. The van der Waals surface area contributed by atoms with Crippen molar-refractivity contribution in [2.75, 3.05) is 11.1 Å². The quantitative estimate of drug-likeness (QED) is 0.344. The van der Waals surface area contributed by atoms with E-state index in [0.717, 1.165) is 22.2 Å². The van der Waals surface area contributed by atoms with Crippen LogP contribution in [-0.4, -0.2) is 36.8 Å². The molecule has 2 N–H and O–H groups in total. The van der Waals surface area contributed by atoms with Crippen molar-refractivity contribution < 1.29 is 4.79 Å². The molecule has 31 heavy (non-hydrogen) atoms. The average Bonchev–Trinajstić information content (AvgIpc) is 3.36. The summed E-state index contributed by atoms with van der Waals surface area (Å²) >= 11 is 8.76. The summed E-state index contributed by atoms with van der Waals surface area (Å²) in [5.41, 5.74) is 3.36. The minimum absolute atomic E-state index is 0.160. The van der Waals surface area contributed by atoms with Crippen LogP contribution in [0.25, 0.3) is 22.1 Å². The smallest absolute Gasteiger partial charge is 0.236 e. The largest absolute Gasteiger partial charge is 0.338 e. The van der Waals surface area contributed by atoms with E-state index in [-0.39, 0.29) is 11.7 Å². The molecule has 0 spiro atoms. The van der Waals surface area contributed by atoms with Crippen LogP contribution in [0.4, 0.5) is 5.13 Å². The average molecular weight is 467 g/mol. The number of carbonyl (C=O) groups excluding carboxylic acids is 1. The van der Waals surface area contributed by atoms with E-state index in [9.17, 15) is 4.79 Å². The van der Waals surface area contributed by atoms with Gasteiger partial charge in [-0.25, -0.2) is 9.97 Å². The second-order valence-electron chi connectivity index (χ2n) is 6.74. The van der Waals surface area contributed by atoms with Gasteiger partial charge in [0.05, 0.1) is 5.75 Å². The Kier molecular flexibility index (Phi) is 5.54. The van der Waals surface area contributed by atoms with E-state index in [2.05, 4.69) is 42.6 Å². The van der Waals surface area contributed by atoms with Crippen LogP contribution in [0.3, 0.4) is 0 Å². The maximum atomic E-state index is 12.3. The summed E-state index contributed by atoms with van der Waals surface area (Å²) in [5, 5.41) is 13.7. The van der Waals surface area contributed by atoms with Gasteiger partial charge in [-0.1, -0.05) is 53.7 Å². The van der Waals surface area contributed by atoms with Gasteiger partial charge in [-0.15, -0.1) is 21.5 Å². The van der Waals surface area contributed by atoms with Crippen LogP contribution in [0.2, 0.25) is 5.02 Å². The first-order valence-electron chi connectivity index (χ1n) is 9.37. The molecule has 0 saturated heterocycles. The molecular formula is C21H15ClN6OS2. The van der Waals surface area contributed by atoms with E-state index >= 15 is 0 Å². The number of carbonyl (C=O) groups is 1. The van der Waals surface area contributed by atoms with Gasteiger partial charge in [0.1, 0.15) is 5.52 Å². The third kappa shape index (κ3) is 4.53. The highest BCUT2D eigenvalue weighted by Gasteiger charge is 2.12. The van der Waals surface area contributed by atoms with E-state index in [0.29, 0.717) is 26.5 Å². The standard InChI is InChI=1S/C21H15ClN6OS2/c22-13-6-7-16-15(9-13)18-19(24-16)26-21(28-27-18)30-11-17(29)25-20-23-10-14(31-20)8-12-4-2-1-3-5-12/h1-7,9-10H,8,11H2,(H,23,25,29)(H,24,26,28). The highest BCUT2D eigenvalue weighted by molar-refractivity contribution is 7.99. The van der Waals surface area contributed by atoms with Crippen molar-refractivity contribution in [3.63, 3.8) is 0 Å². The van der Waals surface area contributed by atoms with Crippen LogP contribution in [0, 0.1) is 0 Å². The van der Waals surface area contributed by atoms with Crippen LogP contribution >= 0.6 is 34.7 Å². The van der Waals surface area contributed by atoms with Gasteiger partial charge in [0.25, 0.3) is 0 Å². The molecular weight excluding hydrogens is 452 g/mol. The number of aromatic nitrogens is 5. The van der Waals surface area contributed by atoms with Gasteiger partial charge in [-0.05, 0) is 23.8 Å². The molecule has 0 aliphatic heterocycles. The second kappa shape index (κ2) is 8.62. The van der Waals surface area contributed by atoms with Crippen molar-refractivity contribution in [3.05, 3.63) is 70.2 Å². The Morgan fingerprint density at radius 1 is 1.16 bits per heavy atom. The zero-order valence-electron chi connectivity index (χ0n) is 16.0. The lowest BCUT2D eigenvalue weighted by Gasteiger charge is -2.01. The summed E-state index contributed by atoms with van der Waals surface area (Å²) in [6, 6.07) is 15.7. The van der Waals surface area contributed by atoms with Gasteiger partial charge in [-0.2, -0.15) is 0 Å². The first-order valence-corrected chi connectivity index (χ1v) is 11.5. The molecule has 0 bridgehead atoms. The number of nitrogens with one attached hydrogen (secondary N) is 2. The highest BCUT2D eigenvalue weighted by atomic mass is 35.5. The van der Waals surface area contributed by atoms with Crippen molar-refractivity contribution in [2.45, 2.75) is 11.6 Å². The molecule has 0 saturated carbocycles. The fourth-order valence-corrected chi connectivity index (χ4v) is 4.74. The first-order chi connectivity index (χ1) is 15.1. The number of benzene rings is 2. The van der Waals surface area contributed by atoms with Crippen molar-refractivity contribution in [3.8, 4) is 0 Å². The number of rotatable bonds is 6. The minimum atomic E-state index is -0.169. The fourth-order valence-electron chi connectivity index (χ4n) is 3.12. The summed E-state index contributed by atoms with van der Waals surface area (Å²) in [7, 11) is 0. The molecule has 0 radical (unpaired) electrons. The van der Waals surface area contributed by atoms with Crippen molar-refractivity contribution in [1.29, 1.82) is 0 Å². The van der Waals surface area contributed by atoms with E-state index in [1.165, 1.54) is 28.7 Å². The van der Waals surface area contributed by atoms with Crippen molar-refractivity contribution >= 4 is 67.8 Å². The molecule has 3 heterocycles. The van der Waals surface area contributed by atoms with Crippen LogP contribution in [0.15, 0.2) is 59.9 Å². The molecule has 7 nitrogen and oxygen atoms in total. The van der Waals surface area contributed by atoms with E-state index in [1.54, 1.807) is 12.3 Å². The zero-order chi connectivity index (χ0) is 21.2. The maximum absolute atomic E-state index is 12.3. The Hall–Kier alpha value is -3.01. The van der Waals surface area contributed by atoms with E-state index < -0.39 is 0 Å². The monoisotopic (exact) mass is 466 g/mol. The molecule has 5 rings (SSSR count). The summed E-state index contributed by atoms with van der Waals surface area (Å²) in [6.07, 6.45) is 2.59. The number of hydrogen-bond acceptors (Lipinski definition) is 7. The lowest BCUT2D eigenvalue weighted by atomic mass is 10.1. The number of nitrogens with zero attached hydrogens (tertiary/aromatic N) is 4.